The third-order valence-corrected chi connectivity index (χ3v) is 1.03. The lowest BCUT2D eigenvalue weighted by atomic mass is 10.3. The number of furan rings is 1. The van der Waals surface area contributed by atoms with Crippen LogP contribution in [0.3, 0.4) is 0 Å². The minimum absolute atomic E-state index is 0.310. The van der Waals surface area contributed by atoms with Gasteiger partial charge in [0.2, 0.25) is 5.76 Å². The lowest BCUT2D eigenvalue weighted by molar-refractivity contribution is 0.150. The predicted molar refractivity (Wildman–Crippen MR) is 28.4 cm³/mol. The first kappa shape index (κ1) is 6.75. The number of nitriles is 1. The van der Waals surface area contributed by atoms with Crippen molar-refractivity contribution in [1.82, 2.24) is 0 Å². The second-order valence-corrected chi connectivity index (χ2v) is 1.62. The summed E-state index contributed by atoms with van der Waals surface area (Å²) in [6.07, 6.45) is -1.56. The van der Waals surface area contributed by atoms with Crippen molar-refractivity contribution in [3.8, 4) is 6.07 Å². The highest BCUT2D eigenvalue weighted by Crippen LogP contribution is 2.22. The molecule has 0 atom stereocenters. The topological polar surface area (TPSA) is 36.9 Å². The summed E-state index contributed by atoms with van der Waals surface area (Å²) in [6, 6.07) is 2.60. The number of hydrogen-bond donors (Lipinski definition) is 0. The van der Waals surface area contributed by atoms with Gasteiger partial charge in [-0.25, -0.2) is 8.78 Å². The fraction of sp³-hybridized carbons (Fsp3) is 0.167. The highest BCUT2D eigenvalue weighted by atomic mass is 19.3. The van der Waals surface area contributed by atoms with Crippen molar-refractivity contribution in [2.24, 2.45) is 0 Å². The van der Waals surface area contributed by atoms with Crippen LogP contribution in [0.15, 0.2) is 16.7 Å². The average molecular weight is 143 g/mol. The van der Waals surface area contributed by atoms with Gasteiger partial charge < -0.3 is 4.42 Å². The largest absolute Gasteiger partial charge is 0.453 e. The molecule has 0 saturated carbocycles. The monoisotopic (exact) mass is 143 g/mol. The molecule has 0 radical (unpaired) electrons. The molecule has 2 nitrogen and oxygen atoms in total. The minimum atomic E-state index is -2.63. The van der Waals surface area contributed by atoms with Crippen LogP contribution in [-0.4, -0.2) is 0 Å². The zero-order valence-electron chi connectivity index (χ0n) is 4.84. The van der Waals surface area contributed by atoms with Gasteiger partial charge in [-0.3, -0.25) is 0 Å². The van der Waals surface area contributed by atoms with Crippen LogP contribution in [0.4, 0.5) is 8.78 Å². The number of rotatable bonds is 1. The maximum Gasteiger partial charge on any atom is 0.268 e. The van der Waals surface area contributed by atoms with Crippen LogP contribution in [0.1, 0.15) is 17.7 Å². The first-order chi connectivity index (χ1) is 4.75. The zero-order valence-corrected chi connectivity index (χ0v) is 4.84. The molecule has 1 aromatic rings. The minimum Gasteiger partial charge on any atom is -0.453 e. The molecule has 0 aliphatic heterocycles. The summed E-state index contributed by atoms with van der Waals surface area (Å²) in [4.78, 5) is 0. The molecule has 52 valence electrons. The Bertz CT molecular complexity index is 261. The Morgan fingerprint density at radius 2 is 2.30 bits per heavy atom. The zero-order chi connectivity index (χ0) is 7.56. The van der Waals surface area contributed by atoms with Crippen LogP contribution in [0.5, 0.6) is 0 Å². The number of hydrogen-bond acceptors (Lipinski definition) is 2. The Labute approximate surface area is 55.7 Å². The predicted octanol–water partition coefficient (Wildman–Crippen LogP) is 2.09. The fourth-order valence-corrected chi connectivity index (χ4v) is 0.582. The molecule has 0 aliphatic rings. The molecule has 1 rings (SSSR count). The second-order valence-electron chi connectivity index (χ2n) is 1.62. The standard InChI is InChI=1S/C6H3F2NO/c7-6(8)4-1-2-10-5(4)3-9/h1-2,6H. The molecule has 0 aliphatic carbocycles. The molecular formula is C6H3F2NO. The van der Waals surface area contributed by atoms with E-state index >= 15 is 0 Å². The van der Waals surface area contributed by atoms with Gasteiger partial charge in [-0.1, -0.05) is 0 Å². The SMILES string of the molecule is N#Cc1occc1C(F)F. The maximum atomic E-state index is 11.8. The van der Waals surface area contributed by atoms with Gasteiger partial charge in [0, 0.05) is 0 Å². The van der Waals surface area contributed by atoms with Gasteiger partial charge in [0.05, 0.1) is 11.8 Å². The number of alkyl halides is 2. The molecule has 0 N–H and O–H groups in total. The third-order valence-electron chi connectivity index (χ3n) is 1.03. The van der Waals surface area contributed by atoms with Gasteiger partial charge in [-0.15, -0.1) is 0 Å². The van der Waals surface area contributed by atoms with E-state index in [9.17, 15) is 8.78 Å². The Morgan fingerprint density at radius 3 is 2.70 bits per heavy atom. The van der Waals surface area contributed by atoms with E-state index in [-0.39, 0.29) is 11.3 Å². The highest BCUT2D eigenvalue weighted by molar-refractivity contribution is 5.28. The highest BCUT2D eigenvalue weighted by Gasteiger charge is 2.14. The van der Waals surface area contributed by atoms with Gasteiger partial charge in [-0.05, 0) is 6.07 Å². The van der Waals surface area contributed by atoms with Gasteiger partial charge in [0.15, 0.2) is 0 Å². The van der Waals surface area contributed by atoms with Crippen LogP contribution < -0.4 is 0 Å². The summed E-state index contributed by atoms with van der Waals surface area (Å²) in [5.41, 5.74) is -0.345. The molecule has 1 aromatic heterocycles. The molecule has 0 aromatic carbocycles. The molecule has 0 unspecified atom stereocenters. The summed E-state index contributed by atoms with van der Waals surface area (Å²) >= 11 is 0. The van der Waals surface area contributed by atoms with Crippen molar-refractivity contribution in [2.45, 2.75) is 6.43 Å². The van der Waals surface area contributed by atoms with E-state index in [1.165, 1.54) is 6.07 Å². The van der Waals surface area contributed by atoms with Gasteiger partial charge in [0.25, 0.3) is 6.43 Å². The molecule has 10 heavy (non-hydrogen) atoms. The lowest BCUT2D eigenvalue weighted by Crippen LogP contribution is -1.82. The molecule has 4 heteroatoms. The molecule has 1 heterocycles. The molecule has 0 bridgehead atoms. The van der Waals surface area contributed by atoms with E-state index in [1.807, 2.05) is 0 Å². The van der Waals surface area contributed by atoms with Crippen LogP contribution in [0.2, 0.25) is 0 Å². The van der Waals surface area contributed by atoms with E-state index in [1.54, 1.807) is 0 Å². The molecular weight excluding hydrogens is 140 g/mol. The van der Waals surface area contributed by atoms with E-state index in [4.69, 9.17) is 5.26 Å². The molecule has 0 spiro atoms. The summed E-state index contributed by atoms with van der Waals surface area (Å²) in [5.74, 6) is -0.310. The van der Waals surface area contributed by atoms with Gasteiger partial charge >= 0.3 is 0 Å². The number of halogens is 2. The second kappa shape index (κ2) is 2.48. The molecule has 0 saturated heterocycles. The van der Waals surface area contributed by atoms with Crippen molar-refractivity contribution < 1.29 is 13.2 Å². The summed E-state index contributed by atoms with van der Waals surface area (Å²) in [7, 11) is 0. The first-order valence-corrected chi connectivity index (χ1v) is 2.51. The van der Waals surface area contributed by atoms with Crippen LogP contribution in [0.25, 0.3) is 0 Å². The quantitative estimate of drug-likeness (QED) is 0.603. The summed E-state index contributed by atoms with van der Waals surface area (Å²) in [5, 5.41) is 8.18. The Hall–Kier alpha value is -1.37. The molecule has 0 amide bonds. The lowest BCUT2D eigenvalue weighted by Gasteiger charge is -1.90. The normalized spacial score (nSPS) is 9.80. The average Bonchev–Trinajstić information content (AvgIpc) is 2.33. The summed E-state index contributed by atoms with van der Waals surface area (Å²) < 4.78 is 28.1. The fourth-order valence-electron chi connectivity index (χ4n) is 0.582. The van der Waals surface area contributed by atoms with E-state index in [0.717, 1.165) is 12.3 Å². The van der Waals surface area contributed by atoms with Gasteiger partial charge in [0.1, 0.15) is 6.07 Å². The van der Waals surface area contributed by atoms with Crippen LogP contribution in [0, 0.1) is 11.3 Å². The van der Waals surface area contributed by atoms with E-state index < -0.39 is 6.43 Å². The summed E-state index contributed by atoms with van der Waals surface area (Å²) in [6.45, 7) is 0. The van der Waals surface area contributed by atoms with E-state index in [2.05, 4.69) is 4.42 Å². The van der Waals surface area contributed by atoms with Crippen LogP contribution in [-0.2, 0) is 0 Å². The van der Waals surface area contributed by atoms with Crippen LogP contribution >= 0.6 is 0 Å². The molecule has 0 fully saturated rings. The van der Waals surface area contributed by atoms with Gasteiger partial charge in [-0.2, -0.15) is 5.26 Å². The van der Waals surface area contributed by atoms with Crippen molar-refractivity contribution in [2.75, 3.05) is 0 Å². The Balaban J connectivity index is 3.05. The Kier molecular flexibility index (Phi) is 1.67. The maximum absolute atomic E-state index is 11.8. The van der Waals surface area contributed by atoms with Crippen molar-refractivity contribution in [3.05, 3.63) is 23.7 Å². The smallest absolute Gasteiger partial charge is 0.268 e. The first-order valence-electron chi connectivity index (χ1n) is 2.51. The Morgan fingerprint density at radius 1 is 1.60 bits per heavy atom. The third kappa shape index (κ3) is 0.982. The van der Waals surface area contributed by atoms with E-state index in [0.29, 0.717) is 0 Å². The van der Waals surface area contributed by atoms with Crippen molar-refractivity contribution >= 4 is 0 Å². The van der Waals surface area contributed by atoms with Crippen molar-refractivity contribution in [3.63, 3.8) is 0 Å². The van der Waals surface area contributed by atoms with Crippen molar-refractivity contribution in [1.29, 1.82) is 5.26 Å². The number of nitrogens with zero attached hydrogens (tertiary/aromatic N) is 1.